The van der Waals surface area contributed by atoms with Crippen molar-refractivity contribution in [1.82, 2.24) is 0 Å². The molecule has 3 aromatic rings. The second-order valence-corrected chi connectivity index (χ2v) is 6.67. The van der Waals surface area contributed by atoms with Crippen molar-refractivity contribution in [3.63, 3.8) is 0 Å². The maximum absolute atomic E-state index is 11.7. The summed E-state index contributed by atoms with van der Waals surface area (Å²) in [5.41, 5.74) is 2.62. The Morgan fingerprint density at radius 3 is 2.04 bits per heavy atom. The SMILES string of the molecule is NS(=O)(=O)c1ccccc1-c1ccc(-c2ccccc2)c(O)c1. The summed E-state index contributed by atoms with van der Waals surface area (Å²) in [4.78, 5) is 0.0341. The molecule has 116 valence electrons. The predicted molar refractivity (Wildman–Crippen MR) is 90.4 cm³/mol. The summed E-state index contributed by atoms with van der Waals surface area (Å²) in [7, 11) is -3.84. The van der Waals surface area contributed by atoms with Crippen LogP contribution in [0, 0.1) is 0 Å². The topological polar surface area (TPSA) is 80.4 Å². The van der Waals surface area contributed by atoms with E-state index in [4.69, 9.17) is 5.14 Å². The van der Waals surface area contributed by atoms with E-state index in [-0.39, 0.29) is 10.6 Å². The number of hydrogen-bond donors (Lipinski definition) is 2. The van der Waals surface area contributed by atoms with Crippen LogP contribution in [0.15, 0.2) is 77.7 Å². The van der Waals surface area contributed by atoms with Crippen molar-refractivity contribution in [3.05, 3.63) is 72.8 Å². The lowest BCUT2D eigenvalue weighted by Gasteiger charge is -2.10. The van der Waals surface area contributed by atoms with Crippen molar-refractivity contribution in [2.75, 3.05) is 0 Å². The van der Waals surface area contributed by atoms with Gasteiger partial charge in [0.2, 0.25) is 10.0 Å². The monoisotopic (exact) mass is 325 g/mol. The number of hydrogen-bond acceptors (Lipinski definition) is 3. The molecule has 23 heavy (non-hydrogen) atoms. The summed E-state index contributed by atoms with van der Waals surface area (Å²) in [6.07, 6.45) is 0. The zero-order chi connectivity index (χ0) is 16.4. The van der Waals surface area contributed by atoms with E-state index in [1.807, 2.05) is 30.3 Å². The van der Waals surface area contributed by atoms with Crippen LogP contribution < -0.4 is 5.14 Å². The van der Waals surface area contributed by atoms with Crippen LogP contribution >= 0.6 is 0 Å². The molecule has 0 bridgehead atoms. The Morgan fingerprint density at radius 1 is 0.739 bits per heavy atom. The predicted octanol–water partition coefficient (Wildman–Crippen LogP) is 3.37. The number of rotatable bonds is 3. The van der Waals surface area contributed by atoms with Crippen molar-refractivity contribution in [1.29, 1.82) is 0 Å². The van der Waals surface area contributed by atoms with Gasteiger partial charge in [-0.05, 0) is 23.3 Å². The molecule has 0 radical (unpaired) electrons. The molecule has 3 aromatic carbocycles. The lowest BCUT2D eigenvalue weighted by Crippen LogP contribution is -2.13. The average Bonchev–Trinajstić information content (AvgIpc) is 2.55. The van der Waals surface area contributed by atoms with Gasteiger partial charge in [0.25, 0.3) is 0 Å². The molecule has 0 amide bonds. The van der Waals surface area contributed by atoms with Gasteiger partial charge >= 0.3 is 0 Å². The number of sulfonamides is 1. The van der Waals surface area contributed by atoms with Gasteiger partial charge in [0.05, 0.1) is 4.90 Å². The number of nitrogens with two attached hydrogens (primary N) is 1. The summed E-state index contributed by atoms with van der Waals surface area (Å²) in [5.74, 6) is 0.0814. The minimum Gasteiger partial charge on any atom is -0.507 e. The zero-order valence-corrected chi connectivity index (χ0v) is 13.0. The molecule has 0 aliphatic carbocycles. The molecule has 3 N–H and O–H groups in total. The second-order valence-electron chi connectivity index (χ2n) is 5.14. The summed E-state index contributed by atoms with van der Waals surface area (Å²) < 4.78 is 23.4. The minimum atomic E-state index is -3.84. The number of primary sulfonamides is 1. The molecule has 0 spiro atoms. The Bertz CT molecular complexity index is 951. The molecule has 0 saturated carbocycles. The minimum absolute atomic E-state index is 0.0341. The van der Waals surface area contributed by atoms with E-state index in [1.54, 1.807) is 36.4 Å². The third-order valence-electron chi connectivity index (χ3n) is 3.59. The fraction of sp³-hybridized carbons (Fsp3) is 0. The zero-order valence-electron chi connectivity index (χ0n) is 12.2. The Balaban J connectivity index is 2.13. The fourth-order valence-corrected chi connectivity index (χ4v) is 3.27. The Hall–Kier alpha value is -2.63. The van der Waals surface area contributed by atoms with Gasteiger partial charge in [0.1, 0.15) is 5.75 Å². The van der Waals surface area contributed by atoms with E-state index >= 15 is 0 Å². The maximum atomic E-state index is 11.7. The van der Waals surface area contributed by atoms with Crippen LogP contribution in [0.1, 0.15) is 0 Å². The number of aromatic hydroxyl groups is 1. The van der Waals surface area contributed by atoms with Gasteiger partial charge in [-0.25, -0.2) is 13.6 Å². The number of phenols is 1. The average molecular weight is 325 g/mol. The molecule has 0 aromatic heterocycles. The number of phenolic OH excluding ortho intramolecular Hbond substituents is 1. The van der Waals surface area contributed by atoms with Crippen LogP contribution in [-0.4, -0.2) is 13.5 Å². The van der Waals surface area contributed by atoms with Crippen molar-refractivity contribution >= 4 is 10.0 Å². The van der Waals surface area contributed by atoms with Crippen molar-refractivity contribution in [2.45, 2.75) is 4.90 Å². The van der Waals surface area contributed by atoms with Gasteiger partial charge in [-0.1, -0.05) is 60.7 Å². The summed E-state index contributed by atoms with van der Waals surface area (Å²) in [6, 6.07) is 21.0. The van der Waals surface area contributed by atoms with Crippen LogP contribution in [0.5, 0.6) is 5.75 Å². The highest BCUT2D eigenvalue weighted by Gasteiger charge is 2.15. The van der Waals surface area contributed by atoms with E-state index in [9.17, 15) is 13.5 Å². The highest BCUT2D eigenvalue weighted by Crippen LogP contribution is 2.35. The lowest BCUT2D eigenvalue weighted by atomic mass is 9.99. The largest absolute Gasteiger partial charge is 0.507 e. The first kappa shape index (κ1) is 15.3. The smallest absolute Gasteiger partial charge is 0.238 e. The van der Waals surface area contributed by atoms with Crippen LogP contribution in [0.25, 0.3) is 22.3 Å². The van der Waals surface area contributed by atoms with E-state index in [1.165, 1.54) is 6.07 Å². The maximum Gasteiger partial charge on any atom is 0.238 e. The first-order valence-corrected chi connectivity index (χ1v) is 8.52. The molecule has 4 nitrogen and oxygen atoms in total. The molecule has 0 heterocycles. The van der Waals surface area contributed by atoms with Crippen LogP contribution in [-0.2, 0) is 10.0 Å². The first-order chi connectivity index (χ1) is 11.0. The third-order valence-corrected chi connectivity index (χ3v) is 4.56. The van der Waals surface area contributed by atoms with Gasteiger partial charge in [0, 0.05) is 11.1 Å². The van der Waals surface area contributed by atoms with Gasteiger partial charge in [-0.2, -0.15) is 0 Å². The van der Waals surface area contributed by atoms with E-state index < -0.39 is 10.0 Å². The molecule has 0 unspecified atom stereocenters. The van der Waals surface area contributed by atoms with E-state index in [0.717, 1.165) is 5.56 Å². The molecule has 5 heteroatoms. The van der Waals surface area contributed by atoms with Crippen LogP contribution in [0.2, 0.25) is 0 Å². The Morgan fingerprint density at radius 2 is 1.39 bits per heavy atom. The highest BCUT2D eigenvalue weighted by molar-refractivity contribution is 7.89. The van der Waals surface area contributed by atoms with Gasteiger partial charge in [-0.3, -0.25) is 0 Å². The molecule has 3 rings (SSSR count). The molecule has 0 aliphatic heterocycles. The highest BCUT2D eigenvalue weighted by atomic mass is 32.2. The fourth-order valence-electron chi connectivity index (χ4n) is 2.51. The Labute approximate surface area is 134 Å². The summed E-state index contributed by atoms with van der Waals surface area (Å²) in [5, 5.41) is 15.6. The Kier molecular flexibility index (Phi) is 3.90. The third kappa shape index (κ3) is 3.11. The lowest BCUT2D eigenvalue weighted by molar-refractivity contribution is 0.477. The van der Waals surface area contributed by atoms with Gasteiger partial charge in [0.15, 0.2) is 0 Å². The van der Waals surface area contributed by atoms with E-state index in [2.05, 4.69) is 0 Å². The number of benzene rings is 3. The molecule has 0 atom stereocenters. The van der Waals surface area contributed by atoms with Gasteiger partial charge < -0.3 is 5.11 Å². The molecular weight excluding hydrogens is 310 g/mol. The van der Waals surface area contributed by atoms with Crippen molar-refractivity contribution in [2.24, 2.45) is 5.14 Å². The van der Waals surface area contributed by atoms with E-state index in [0.29, 0.717) is 16.7 Å². The normalized spacial score (nSPS) is 11.3. The quantitative estimate of drug-likeness (QED) is 0.774. The van der Waals surface area contributed by atoms with Crippen LogP contribution in [0.4, 0.5) is 0 Å². The standard InChI is InChI=1S/C18H15NO3S/c19-23(21,22)18-9-5-4-8-16(18)14-10-11-15(17(20)12-14)13-6-2-1-3-7-13/h1-12,20H,(H2,19,21,22). The van der Waals surface area contributed by atoms with Crippen molar-refractivity contribution < 1.29 is 13.5 Å². The summed E-state index contributed by atoms with van der Waals surface area (Å²) in [6.45, 7) is 0. The summed E-state index contributed by atoms with van der Waals surface area (Å²) >= 11 is 0. The van der Waals surface area contributed by atoms with Crippen molar-refractivity contribution in [3.8, 4) is 28.0 Å². The van der Waals surface area contributed by atoms with Crippen LogP contribution in [0.3, 0.4) is 0 Å². The first-order valence-electron chi connectivity index (χ1n) is 6.97. The van der Waals surface area contributed by atoms with Gasteiger partial charge in [-0.15, -0.1) is 0 Å². The molecular formula is C18H15NO3S. The molecule has 0 fully saturated rings. The second kappa shape index (κ2) is 5.87. The molecule has 0 aliphatic rings. The molecule has 0 saturated heterocycles.